The van der Waals surface area contributed by atoms with Crippen LogP contribution >= 0.6 is 11.3 Å². The molecule has 3 heteroatoms. The highest BCUT2D eigenvalue weighted by Crippen LogP contribution is 2.27. The number of carbonyl (C=O) groups is 1. The maximum Gasteiger partial charge on any atom is 0.261 e. The Morgan fingerprint density at radius 1 is 1.21 bits per heavy atom. The van der Waals surface area contributed by atoms with Crippen molar-refractivity contribution in [2.75, 3.05) is 6.54 Å². The summed E-state index contributed by atoms with van der Waals surface area (Å²) in [5.41, 5.74) is 2.12. The summed E-state index contributed by atoms with van der Waals surface area (Å²) in [5, 5.41) is 4.97. The van der Waals surface area contributed by atoms with E-state index in [4.69, 9.17) is 0 Å². The average molecular weight is 273 g/mol. The molecular formula is C16H19NOS. The Labute approximate surface area is 118 Å². The Balaban J connectivity index is 2.09. The maximum atomic E-state index is 12.2. The minimum absolute atomic E-state index is 0.0366. The van der Waals surface area contributed by atoms with Crippen molar-refractivity contribution in [2.24, 2.45) is 5.92 Å². The van der Waals surface area contributed by atoms with E-state index < -0.39 is 0 Å². The molecule has 2 aromatic rings. The largest absolute Gasteiger partial charge is 0.351 e. The predicted molar refractivity (Wildman–Crippen MR) is 81.5 cm³/mol. The summed E-state index contributed by atoms with van der Waals surface area (Å²) in [6, 6.07) is 12.1. The van der Waals surface area contributed by atoms with Crippen LogP contribution in [0, 0.1) is 5.92 Å². The van der Waals surface area contributed by atoms with Crippen molar-refractivity contribution >= 4 is 17.2 Å². The van der Waals surface area contributed by atoms with E-state index in [1.165, 1.54) is 11.3 Å². The Kier molecular flexibility index (Phi) is 4.74. The summed E-state index contributed by atoms with van der Waals surface area (Å²) in [6.45, 7) is 5.06. The van der Waals surface area contributed by atoms with Crippen LogP contribution in [0.1, 0.15) is 29.9 Å². The number of nitrogens with one attached hydrogen (secondary N) is 1. The van der Waals surface area contributed by atoms with E-state index in [0.29, 0.717) is 5.92 Å². The summed E-state index contributed by atoms with van der Waals surface area (Å²) in [4.78, 5) is 13.0. The second-order valence-corrected chi connectivity index (χ2v) is 5.88. The van der Waals surface area contributed by atoms with Gasteiger partial charge in [-0.1, -0.05) is 44.2 Å². The van der Waals surface area contributed by atoms with Gasteiger partial charge in [0.1, 0.15) is 0 Å². The second kappa shape index (κ2) is 6.53. The highest BCUT2D eigenvalue weighted by atomic mass is 32.1. The van der Waals surface area contributed by atoms with Gasteiger partial charge in [0.25, 0.3) is 5.91 Å². The van der Waals surface area contributed by atoms with Crippen molar-refractivity contribution in [3.63, 3.8) is 0 Å². The zero-order valence-corrected chi connectivity index (χ0v) is 12.2. The summed E-state index contributed by atoms with van der Waals surface area (Å²) in [5.74, 6) is 0.645. The molecule has 0 unspecified atom stereocenters. The molecule has 0 saturated heterocycles. The Bertz CT molecular complexity index is 531. The smallest absolute Gasteiger partial charge is 0.261 e. The number of hydrogen-bond donors (Lipinski definition) is 1. The Hall–Kier alpha value is -1.61. The summed E-state index contributed by atoms with van der Waals surface area (Å²) in [6.07, 6.45) is 1.01. The van der Waals surface area contributed by atoms with Gasteiger partial charge in [-0.2, -0.15) is 0 Å². The number of rotatable bonds is 5. The summed E-state index contributed by atoms with van der Waals surface area (Å²) in [7, 11) is 0. The minimum Gasteiger partial charge on any atom is -0.351 e. The molecule has 0 radical (unpaired) electrons. The summed E-state index contributed by atoms with van der Waals surface area (Å²) >= 11 is 1.50. The molecule has 0 atom stereocenters. The van der Waals surface area contributed by atoms with Crippen molar-refractivity contribution in [1.82, 2.24) is 5.32 Å². The molecule has 0 fully saturated rings. The molecule has 0 aliphatic rings. The van der Waals surface area contributed by atoms with Crippen molar-refractivity contribution < 1.29 is 4.79 Å². The Morgan fingerprint density at radius 3 is 2.63 bits per heavy atom. The van der Waals surface area contributed by atoms with Crippen molar-refractivity contribution in [2.45, 2.75) is 20.3 Å². The molecule has 1 aromatic heterocycles. The van der Waals surface area contributed by atoms with E-state index in [1.54, 1.807) is 0 Å². The normalized spacial score (nSPS) is 10.7. The molecule has 1 N–H and O–H groups in total. The van der Waals surface area contributed by atoms with E-state index in [9.17, 15) is 4.79 Å². The molecule has 0 saturated carbocycles. The van der Waals surface area contributed by atoms with Gasteiger partial charge in [-0.3, -0.25) is 4.79 Å². The van der Waals surface area contributed by atoms with Gasteiger partial charge in [-0.25, -0.2) is 0 Å². The molecule has 1 aromatic carbocycles. The molecule has 1 heterocycles. The highest BCUT2D eigenvalue weighted by Gasteiger charge is 2.13. The van der Waals surface area contributed by atoms with Crippen LogP contribution in [0.3, 0.4) is 0 Å². The van der Waals surface area contributed by atoms with Gasteiger partial charge in [-0.15, -0.1) is 11.3 Å². The number of carbonyl (C=O) groups excluding carboxylic acids is 1. The van der Waals surface area contributed by atoms with Gasteiger partial charge in [-0.05, 0) is 29.3 Å². The van der Waals surface area contributed by atoms with E-state index >= 15 is 0 Å². The van der Waals surface area contributed by atoms with Crippen LogP contribution < -0.4 is 5.32 Å². The van der Waals surface area contributed by atoms with Crippen molar-refractivity contribution in [1.29, 1.82) is 0 Å². The van der Waals surface area contributed by atoms with Gasteiger partial charge < -0.3 is 5.32 Å². The van der Waals surface area contributed by atoms with Crippen LogP contribution in [0.5, 0.6) is 0 Å². The third kappa shape index (κ3) is 3.67. The molecule has 0 bridgehead atoms. The average Bonchev–Trinajstić information content (AvgIpc) is 2.88. The van der Waals surface area contributed by atoms with E-state index in [1.807, 2.05) is 41.8 Å². The quantitative estimate of drug-likeness (QED) is 0.869. The number of thiophene rings is 1. The summed E-state index contributed by atoms with van der Waals surface area (Å²) < 4.78 is 0. The van der Waals surface area contributed by atoms with Gasteiger partial charge in [0.05, 0.1) is 4.88 Å². The number of hydrogen-bond acceptors (Lipinski definition) is 2. The monoisotopic (exact) mass is 273 g/mol. The fourth-order valence-electron chi connectivity index (χ4n) is 1.88. The third-order valence-electron chi connectivity index (χ3n) is 2.96. The van der Waals surface area contributed by atoms with Gasteiger partial charge in [0.15, 0.2) is 0 Å². The first-order chi connectivity index (χ1) is 9.18. The van der Waals surface area contributed by atoms with E-state index in [0.717, 1.165) is 29.0 Å². The van der Waals surface area contributed by atoms with Crippen LogP contribution in [-0.2, 0) is 0 Å². The molecule has 0 aliphatic heterocycles. The number of benzene rings is 1. The highest BCUT2D eigenvalue weighted by molar-refractivity contribution is 7.12. The van der Waals surface area contributed by atoms with Gasteiger partial charge >= 0.3 is 0 Å². The molecule has 19 heavy (non-hydrogen) atoms. The van der Waals surface area contributed by atoms with Crippen molar-refractivity contribution in [3.05, 3.63) is 46.7 Å². The molecule has 1 amide bonds. The van der Waals surface area contributed by atoms with Crippen LogP contribution in [0.25, 0.3) is 11.1 Å². The first kappa shape index (κ1) is 13.8. The van der Waals surface area contributed by atoms with E-state index in [-0.39, 0.29) is 5.91 Å². The maximum absolute atomic E-state index is 12.2. The molecule has 100 valence electrons. The zero-order chi connectivity index (χ0) is 13.7. The minimum atomic E-state index is 0.0366. The zero-order valence-electron chi connectivity index (χ0n) is 11.3. The lowest BCUT2D eigenvalue weighted by atomic mass is 10.1. The lowest BCUT2D eigenvalue weighted by Gasteiger charge is -2.08. The topological polar surface area (TPSA) is 29.1 Å². The molecular weight excluding hydrogens is 254 g/mol. The predicted octanol–water partition coefficient (Wildman–Crippen LogP) is 4.19. The second-order valence-electron chi connectivity index (χ2n) is 4.97. The fraction of sp³-hybridized carbons (Fsp3) is 0.312. The first-order valence-electron chi connectivity index (χ1n) is 6.59. The first-order valence-corrected chi connectivity index (χ1v) is 7.47. The van der Waals surface area contributed by atoms with Crippen LogP contribution in [0.4, 0.5) is 0 Å². The van der Waals surface area contributed by atoms with Gasteiger partial charge in [0.2, 0.25) is 0 Å². The standard InChI is InChI=1S/C16H19NOS/c1-12(2)8-10-17-16(18)15-14(9-11-19-15)13-6-4-3-5-7-13/h3-7,9,11-12H,8,10H2,1-2H3,(H,17,18). The SMILES string of the molecule is CC(C)CCNC(=O)c1sccc1-c1ccccc1. The lowest BCUT2D eigenvalue weighted by molar-refractivity contribution is 0.0956. The Morgan fingerprint density at radius 2 is 1.95 bits per heavy atom. The lowest BCUT2D eigenvalue weighted by Crippen LogP contribution is -2.24. The van der Waals surface area contributed by atoms with Gasteiger partial charge in [0, 0.05) is 12.1 Å². The number of amides is 1. The van der Waals surface area contributed by atoms with Crippen LogP contribution in [-0.4, -0.2) is 12.5 Å². The van der Waals surface area contributed by atoms with Crippen LogP contribution in [0.15, 0.2) is 41.8 Å². The molecule has 0 spiro atoms. The van der Waals surface area contributed by atoms with Crippen molar-refractivity contribution in [3.8, 4) is 11.1 Å². The van der Waals surface area contributed by atoms with Crippen LogP contribution in [0.2, 0.25) is 0 Å². The van der Waals surface area contributed by atoms with E-state index in [2.05, 4.69) is 19.2 Å². The molecule has 2 rings (SSSR count). The fourth-order valence-corrected chi connectivity index (χ4v) is 2.72. The third-order valence-corrected chi connectivity index (χ3v) is 3.88. The molecule has 0 aliphatic carbocycles. The molecule has 2 nitrogen and oxygen atoms in total.